The highest BCUT2D eigenvalue weighted by molar-refractivity contribution is 5.55. The second-order valence-electron chi connectivity index (χ2n) is 5.01. The van der Waals surface area contributed by atoms with E-state index < -0.39 is 0 Å². The van der Waals surface area contributed by atoms with Crippen LogP contribution in [0.2, 0.25) is 0 Å². The van der Waals surface area contributed by atoms with Gasteiger partial charge in [0.25, 0.3) is 0 Å². The Hall–Kier alpha value is -1.02. The van der Waals surface area contributed by atoms with E-state index in [1.165, 1.54) is 11.3 Å². The van der Waals surface area contributed by atoms with E-state index >= 15 is 0 Å². The molecule has 1 aromatic carbocycles. The Morgan fingerprint density at radius 3 is 2.35 bits per heavy atom. The van der Waals surface area contributed by atoms with Crippen LogP contribution in [0.25, 0.3) is 0 Å². The number of anilines is 1. The van der Waals surface area contributed by atoms with E-state index in [-0.39, 0.29) is 6.04 Å². The normalized spacial score (nSPS) is 12.8. The molecule has 2 heteroatoms. The van der Waals surface area contributed by atoms with Gasteiger partial charge in [-0.05, 0) is 30.9 Å². The summed E-state index contributed by atoms with van der Waals surface area (Å²) in [5.41, 5.74) is 8.77. The van der Waals surface area contributed by atoms with E-state index in [1.54, 1.807) is 0 Å². The Balaban J connectivity index is 3.01. The number of nitrogens with two attached hydrogens (primary N) is 1. The summed E-state index contributed by atoms with van der Waals surface area (Å²) in [6.45, 7) is 11.0. The maximum atomic E-state index is 6.19. The Kier molecular flexibility index (Phi) is 5.49. The van der Waals surface area contributed by atoms with Crippen LogP contribution in [0, 0.1) is 5.92 Å². The summed E-state index contributed by atoms with van der Waals surface area (Å²) in [4.78, 5) is 2.43. The monoisotopic (exact) mass is 234 g/mol. The van der Waals surface area contributed by atoms with E-state index in [2.05, 4.69) is 56.9 Å². The quantitative estimate of drug-likeness (QED) is 0.815. The lowest BCUT2D eigenvalue weighted by molar-refractivity contribution is 0.612. The van der Waals surface area contributed by atoms with E-state index in [0.717, 1.165) is 19.5 Å². The lowest BCUT2D eigenvalue weighted by atomic mass is 10.0. The highest BCUT2D eigenvalue weighted by Gasteiger charge is 2.14. The summed E-state index contributed by atoms with van der Waals surface area (Å²) in [7, 11) is 0. The number of hydrogen-bond donors (Lipinski definition) is 1. The molecule has 0 saturated heterocycles. The second-order valence-corrected chi connectivity index (χ2v) is 5.01. The Morgan fingerprint density at radius 1 is 1.18 bits per heavy atom. The molecule has 0 amide bonds. The highest BCUT2D eigenvalue weighted by atomic mass is 15.1. The van der Waals surface area contributed by atoms with Crippen LogP contribution in [0.5, 0.6) is 0 Å². The summed E-state index contributed by atoms with van der Waals surface area (Å²) in [5.74, 6) is 0.667. The third-order valence-corrected chi connectivity index (χ3v) is 3.08. The molecule has 0 unspecified atom stereocenters. The van der Waals surface area contributed by atoms with Crippen LogP contribution in [0.1, 0.15) is 45.7 Å². The van der Waals surface area contributed by atoms with Gasteiger partial charge in [0.15, 0.2) is 0 Å². The maximum Gasteiger partial charge on any atom is 0.0414 e. The van der Waals surface area contributed by atoms with Gasteiger partial charge in [-0.2, -0.15) is 0 Å². The number of para-hydroxylation sites is 1. The van der Waals surface area contributed by atoms with Gasteiger partial charge < -0.3 is 10.6 Å². The maximum absolute atomic E-state index is 6.19. The van der Waals surface area contributed by atoms with Crippen molar-refractivity contribution in [3.05, 3.63) is 29.8 Å². The summed E-state index contributed by atoms with van der Waals surface area (Å²) < 4.78 is 0. The number of benzene rings is 1. The predicted molar refractivity (Wildman–Crippen MR) is 76.4 cm³/mol. The van der Waals surface area contributed by atoms with Crippen LogP contribution in [0.3, 0.4) is 0 Å². The van der Waals surface area contributed by atoms with Crippen LogP contribution >= 0.6 is 0 Å². The Labute approximate surface area is 106 Å². The molecule has 0 fully saturated rings. The van der Waals surface area contributed by atoms with E-state index in [4.69, 9.17) is 5.73 Å². The van der Waals surface area contributed by atoms with Crippen LogP contribution in [-0.4, -0.2) is 13.1 Å². The van der Waals surface area contributed by atoms with Crippen molar-refractivity contribution in [3.8, 4) is 0 Å². The Morgan fingerprint density at radius 2 is 1.82 bits per heavy atom. The van der Waals surface area contributed by atoms with Gasteiger partial charge in [0, 0.05) is 24.8 Å². The lowest BCUT2D eigenvalue weighted by Gasteiger charge is -2.29. The molecule has 0 aliphatic heterocycles. The third kappa shape index (κ3) is 3.74. The minimum Gasteiger partial charge on any atom is -0.371 e. The van der Waals surface area contributed by atoms with Crippen molar-refractivity contribution in [3.63, 3.8) is 0 Å². The molecule has 1 atom stereocenters. The zero-order valence-corrected chi connectivity index (χ0v) is 11.6. The van der Waals surface area contributed by atoms with Gasteiger partial charge in [-0.15, -0.1) is 0 Å². The van der Waals surface area contributed by atoms with Crippen molar-refractivity contribution in [2.75, 3.05) is 18.0 Å². The van der Waals surface area contributed by atoms with Crippen LogP contribution < -0.4 is 10.6 Å². The molecular formula is C15H26N2. The minimum absolute atomic E-state index is 0.146. The van der Waals surface area contributed by atoms with Crippen molar-refractivity contribution < 1.29 is 0 Å². The molecule has 1 rings (SSSR count). The van der Waals surface area contributed by atoms with Crippen molar-refractivity contribution in [1.29, 1.82) is 0 Å². The molecule has 2 N–H and O–H groups in total. The summed E-state index contributed by atoms with van der Waals surface area (Å²) >= 11 is 0. The first kappa shape index (κ1) is 14.0. The summed E-state index contributed by atoms with van der Waals surface area (Å²) in [6.07, 6.45) is 0.982. The average molecular weight is 234 g/mol. The van der Waals surface area contributed by atoms with E-state index in [1.807, 2.05) is 0 Å². The minimum atomic E-state index is 0.146. The zero-order chi connectivity index (χ0) is 12.8. The fraction of sp³-hybridized carbons (Fsp3) is 0.600. The third-order valence-electron chi connectivity index (χ3n) is 3.08. The van der Waals surface area contributed by atoms with E-state index in [0.29, 0.717) is 5.92 Å². The molecule has 17 heavy (non-hydrogen) atoms. The molecule has 0 heterocycles. The van der Waals surface area contributed by atoms with Crippen LogP contribution in [0.15, 0.2) is 24.3 Å². The fourth-order valence-electron chi connectivity index (χ4n) is 2.15. The summed E-state index contributed by atoms with van der Waals surface area (Å²) in [5, 5.41) is 0. The molecule has 0 saturated carbocycles. The fourth-order valence-corrected chi connectivity index (χ4v) is 2.15. The van der Waals surface area contributed by atoms with Crippen molar-refractivity contribution >= 4 is 5.69 Å². The lowest BCUT2D eigenvalue weighted by Crippen LogP contribution is -2.29. The van der Waals surface area contributed by atoms with Gasteiger partial charge in [0.2, 0.25) is 0 Å². The van der Waals surface area contributed by atoms with Crippen molar-refractivity contribution in [2.24, 2.45) is 11.7 Å². The first-order valence-corrected chi connectivity index (χ1v) is 6.69. The molecule has 0 bridgehead atoms. The van der Waals surface area contributed by atoms with Gasteiger partial charge in [0.1, 0.15) is 0 Å². The number of rotatable bonds is 6. The second kappa shape index (κ2) is 6.65. The first-order valence-electron chi connectivity index (χ1n) is 6.69. The van der Waals surface area contributed by atoms with Gasteiger partial charge in [-0.1, -0.05) is 39.0 Å². The molecule has 1 aromatic rings. The number of hydrogen-bond acceptors (Lipinski definition) is 2. The molecule has 0 radical (unpaired) electrons. The molecule has 0 aliphatic carbocycles. The van der Waals surface area contributed by atoms with Gasteiger partial charge in [0.05, 0.1) is 0 Å². The molecule has 0 spiro atoms. The smallest absolute Gasteiger partial charge is 0.0414 e. The zero-order valence-electron chi connectivity index (χ0n) is 11.6. The van der Waals surface area contributed by atoms with E-state index in [9.17, 15) is 0 Å². The first-order chi connectivity index (χ1) is 8.10. The average Bonchev–Trinajstić information content (AvgIpc) is 2.34. The molecule has 0 aliphatic rings. The largest absolute Gasteiger partial charge is 0.371 e. The molecular weight excluding hydrogens is 208 g/mol. The molecule has 2 nitrogen and oxygen atoms in total. The van der Waals surface area contributed by atoms with Crippen LogP contribution in [-0.2, 0) is 0 Å². The SMILES string of the molecule is CC[C@H](N)c1ccccc1N(CC)CC(C)C. The highest BCUT2D eigenvalue weighted by Crippen LogP contribution is 2.27. The van der Waals surface area contributed by atoms with Crippen molar-refractivity contribution in [1.82, 2.24) is 0 Å². The number of nitrogens with zero attached hydrogens (tertiary/aromatic N) is 1. The summed E-state index contributed by atoms with van der Waals surface area (Å²) in [6, 6.07) is 8.68. The molecule has 0 aromatic heterocycles. The Bertz CT molecular complexity index is 333. The van der Waals surface area contributed by atoms with Crippen LogP contribution in [0.4, 0.5) is 5.69 Å². The molecule has 96 valence electrons. The predicted octanol–water partition coefficient (Wildman–Crippen LogP) is 3.58. The standard InChI is InChI=1S/C15H26N2/c1-5-14(16)13-9-7-8-10-15(13)17(6-2)11-12(3)4/h7-10,12,14H,5-6,11,16H2,1-4H3/t14-/m0/s1. The van der Waals surface area contributed by atoms with Gasteiger partial charge in [-0.3, -0.25) is 0 Å². The van der Waals surface area contributed by atoms with Gasteiger partial charge >= 0.3 is 0 Å². The topological polar surface area (TPSA) is 29.3 Å². The van der Waals surface area contributed by atoms with Crippen molar-refractivity contribution in [2.45, 2.75) is 40.2 Å². The van der Waals surface area contributed by atoms with Gasteiger partial charge in [-0.25, -0.2) is 0 Å².